The number of ether oxygens (including phenoxy) is 1. The normalized spacial score (nSPS) is 10.4. The van der Waals surface area contributed by atoms with E-state index in [1.165, 1.54) is 12.1 Å². The van der Waals surface area contributed by atoms with E-state index in [1.807, 2.05) is 24.5 Å². The van der Waals surface area contributed by atoms with Crippen LogP contribution in [0.5, 0.6) is 5.75 Å². The molecule has 1 aromatic heterocycles. The van der Waals surface area contributed by atoms with Gasteiger partial charge < -0.3 is 9.30 Å². The SMILES string of the molecule is Cc1cc(C(=O)COc2ccccc2C#N)c(C)n1-c1cccc(F)c1. The Morgan fingerprint density at radius 2 is 1.92 bits per heavy atom. The molecule has 5 heteroatoms. The summed E-state index contributed by atoms with van der Waals surface area (Å²) in [5.41, 5.74) is 3.10. The van der Waals surface area contributed by atoms with Gasteiger partial charge in [-0.05, 0) is 50.2 Å². The van der Waals surface area contributed by atoms with Gasteiger partial charge >= 0.3 is 0 Å². The van der Waals surface area contributed by atoms with Gasteiger partial charge in [-0.25, -0.2) is 4.39 Å². The third-order valence-electron chi connectivity index (χ3n) is 4.16. The summed E-state index contributed by atoms with van der Waals surface area (Å²) in [6.07, 6.45) is 0. The summed E-state index contributed by atoms with van der Waals surface area (Å²) in [6.45, 7) is 3.50. The van der Waals surface area contributed by atoms with Crippen molar-refractivity contribution in [3.63, 3.8) is 0 Å². The average Bonchev–Trinajstić information content (AvgIpc) is 2.94. The van der Waals surface area contributed by atoms with Crippen molar-refractivity contribution in [3.05, 3.63) is 82.9 Å². The quantitative estimate of drug-likeness (QED) is 0.644. The van der Waals surface area contributed by atoms with Crippen LogP contribution in [0, 0.1) is 31.0 Å². The van der Waals surface area contributed by atoms with Crippen molar-refractivity contribution in [1.29, 1.82) is 5.26 Å². The standard InChI is InChI=1S/C21H17FN2O2/c1-14-10-19(15(2)24(14)18-8-5-7-17(22)11-18)20(25)13-26-21-9-4-3-6-16(21)12-23/h3-11H,13H2,1-2H3. The first-order valence-corrected chi connectivity index (χ1v) is 8.11. The van der Waals surface area contributed by atoms with Gasteiger partial charge in [-0.2, -0.15) is 5.26 Å². The number of Topliss-reactive ketones (excluding diaryl/α,β-unsaturated/α-hetero) is 1. The summed E-state index contributed by atoms with van der Waals surface area (Å²) < 4.78 is 20.9. The van der Waals surface area contributed by atoms with Crippen molar-refractivity contribution in [1.82, 2.24) is 4.57 Å². The zero-order valence-electron chi connectivity index (χ0n) is 14.5. The Bertz CT molecular complexity index is 1020. The zero-order valence-corrected chi connectivity index (χ0v) is 14.5. The van der Waals surface area contributed by atoms with Gasteiger partial charge in [-0.3, -0.25) is 4.79 Å². The molecule has 0 aliphatic heterocycles. The van der Waals surface area contributed by atoms with Gasteiger partial charge in [0.15, 0.2) is 6.61 Å². The van der Waals surface area contributed by atoms with Crippen molar-refractivity contribution < 1.29 is 13.9 Å². The summed E-state index contributed by atoms with van der Waals surface area (Å²) in [7, 11) is 0. The molecule has 1 heterocycles. The molecule has 26 heavy (non-hydrogen) atoms. The van der Waals surface area contributed by atoms with E-state index in [4.69, 9.17) is 10.00 Å². The molecule has 0 spiro atoms. The van der Waals surface area contributed by atoms with Crippen LogP contribution >= 0.6 is 0 Å². The molecule has 0 saturated carbocycles. The molecule has 0 N–H and O–H groups in total. The second-order valence-electron chi connectivity index (χ2n) is 5.92. The minimum absolute atomic E-state index is 0.174. The van der Waals surface area contributed by atoms with E-state index in [-0.39, 0.29) is 18.2 Å². The van der Waals surface area contributed by atoms with Crippen LogP contribution in [0.25, 0.3) is 5.69 Å². The second kappa shape index (κ2) is 7.24. The molecule has 4 nitrogen and oxygen atoms in total. The summed E-state index contributed by atoms with van der Waals surface area (Å²) in [5.74, 6) is -0.157. The third-order valence-corrected chi connectivity index (χ3v) is 4.16. The van der Waals surface area contributed by atoms with E-state index in [2.05, 4.69) is 0 Å². The zero-order chi connectivity index (χ0) is 18.7. The van der Waals surface area contributed by atoms with Crippen LogP contribution in [-0.2, 0) is 0 Å². The lowest BCUT2D eigenvalue weighted by Gasteiger charge is -2.10. The Hall–Kier alpha value is -3.39. The molecule has 0 atom stereocenters. The van der Waals surface area contributed by atoms with Crippen LogP contribution in [0.15, 0.2) is 54.6 Å². The Labute approximate surface area is 151 Å². The van der Waals surface area contributed by atoms with E-state index >= 15 is 0 Å². The molecule has 0 unspecified atom stereocenters. The molecule has 0 saturated heterocycles. The summed E-state index contributed by atoms with van der Waals surface area (Å²) in [6, 6.07) is 16.8. The average molecular weight is 348 g/mol. The number of rotatable bonds is 5. The summed E-state index contributed by atoms with van der Waals surface area (Å²) >= 11 is 0. The van der Waals surface area contributed by atoms with Gasteiger partial charge in [-0.15, -0.1) is 0 Å². The number of nitriles is 1. The maximum absolute atomic E-state index is 13.5. The number of hydrogen-bond donors (Lipinski definition) is 0. The monoisotopic (exact) mass is 348 g/mol. The number of halogens is 1. The van der Waals surface area contributed by atoms with Crippen LogP contribution < -0.4 is 4.74 Å². The number of hydrogen-bond acceptors (Lipinski definition) is 3. The highest BCUT2D eigenvalue weighted by Crippen LogP contribution is 2.23. The maximum atomic E-state index is 13.5. The largest absolute Gasteiger partial charge is 0.484 e. The molecule has 0 aliphatic rings. The first kappa shape index (κ1) is 17.4. The minimum atomic E-state index is -0.334. The van der Waals surface area contributed by atoms with Crippen LogP contribution in [0.2, 0.25) is 0 Å². The summed E-state index contributed by atoms with van der Waals surface area (Å²) in [5, 5.41) is 9.08. The number of carbonyl (C=O) groups excluding carboxylic acids is 1. The van der Waals surface area contributed by atoms with Crippen LogP contribution in [-0.4, -0.2) is 17.0 Å². The molecule has 0 fully saturated rings. The highest BCUT2D eigenvalue weighted by molar-refractivity contribution is 5.98. The van der Waals surface area contributed by atoms with Gasteiger partial charge in [0.2, 0.25) is 5.78 Å². The van der Waals surface area contributed by atoms with E-state index in [0.717, 1.165) is 11.4 Å². The highest BCUT2D eigenvalue weighted by atomic mass is 19.1. The predicted molar refractivity (Wildman–Crippen MR) is 96.2 cm³/mol. The van der Waals surface area contributed by atoms with E-state index in [1.54, 1.807) is 42.5 Å². The minimum Gasteiger partial charge on any atom is -0.484 e. The van der Waals surface area contributed by atoms with Gasteiger partial charge in [0.05, 0.1) is 5.56 Å². The van der Waals surface area contributed by atoms with Gasteiger partial charge in [0.25, 0.3) is 0 Å². The topological polar surface area (TPSA) is 55.0 Å². The molecule has 130 valence electrons. The lowest BCUT2D eigenvalue weighted by atomic mass is 10.1. The molecule has 0 bridgehead atoms. The first-order valence-electron chi connectivity index (χ1n) is 8.11. The number of aromatic nitrogens is 1. The molecular weight excluding hydrogens is 331 g/mol. The van der Waals surface area contributed by atoms with Gasteiger partial charge in [0, 0.05) is 22.6 Å². The smallest absolute Gasteiger partial charge is 0.202 e. The molecule has 3 aromatic rings. The molecule has 0 radical (unpaired) electrons. The fourth-order valence-electron chi connectivity index (χ4n) is 2.96. The van der Waals surface area contributed by atoms with Crippen LogP contribution in [0.4, 0.5) is 4.39 Å². The number of nitrogens with zero attached hydrogens (tertiary/aromatic N) is 2. The number of aryl methyl sites for hydroxylation is 1. The Kier molecular flexibility index (Phi) is 4.85. The van der Waals surface area contributed by atoms with Crippen molar-refractivity contribution in [2.45, 2.75) is 13.8 Å². The summed E-state index contributed by atoms with van der Waals surface area (Å²) in [4.78, 5) is 12.6. The fraction of sp³-hybridized carbons (Fsp3) is 0.143. The maximum Gasteiger partial charge on any atom is 0.202 e. The predicted octanol–water partition coefficient (Wildman–Crippen LogP) is 4.37. The van der Waals surface area contributed by atoms with Crippen molar-refractivity contribution in [2.24, 2.45) is 0 Å². The molecule has 0 amide bonds. The Balaban J connectivity index is 1.85. The molecule has 3 rings (SSSR count). The van der Waals surface area contributed by atoms with Gasteiger partial charge in [0.1, 0.15) is 17.6 Å². The van der Waals surface area contributed by atoms with Crippen molar-refractivity contribution in [3.8, 4) is 17.5 Å². The number of ketones is 1. The fourth-order valence-corrected chi connectivity index (χ4v) is 2.96. The number of carbonyl (C=O) groups is 1. The first-order chi connectivity index (χ1) is 12.5. The Morgan fingerprint density at radius 3 is 2.65 bits per heavy atom. The highest BCUT2D eigenvalue weighted by Gasteiger charge is 2.18. The lowest BCUT2D eigenvalue weighted by molar-refractivity contribution is 0.0920. The van der Waals surface area contributed by atoms with Crippen LogP contribution in [0.1, 0.15) is 27.3 Å². The van der Waals surface area contributed by atoms with Crippen molar-refractivity contribution >= 4 is 5.78 Å². The molecular formula is C21H17FN2O2. The lowest BCUT2D eigenvalue weighted by Crippen LogP contribution is -2.13. The Morgan fingerprint density at radius 1 is 1.15 bits per heavy atom. The number of benzene rings is 2. The van der Waals surface area contributed by atoms with E-state index < -0.39 is 0 Å². The molecule has 0 aliphatic carbocycles. The molecule has 2 aromatic carbocycles. The number of para-hydroxylation sites is 1. The third kappa shape index (κ3) is 3.35. The van der Waals surface area contributed by atoms with E-state index in [0.29, 0.717) is 22.6 Å². The van der Waals surface area contributed by atoms with E-state index in [9.17, 15) is 9.18 Å². The van der Waals surface area contributed by atoms with Gasteiger partial charge in [-0.1, -0.05) is 18.2 Å². The van der Waals surface area contributed by atoms with Crippen LogP contribution in [0.3, 0.4) is 0 Å². The second-order valence-corrected chi connectivity index (χ2v) is 5.92. The van der Waals surface area contributed by atoms with Crippen molar-refractivity contribution in [2.75, 3.05) is 6.61 Å².